The predicted molar refractivity (Wildman–Crippen MR) is 75.5 cm³/mol. The van der Waals surface area contributed by atoms with Crippen LogP contribution in [0.1, 0.15) is 18.3 Å². The zero-order valence-corrected chi connectivity index (χ0v) is 11.9. The van der Waals surface area contributed by atoms with Gasteiger partial charge in [0.1, 0.15) is 12.9 Å². The average Bonchev–Trinajstić information content (AvgIpc) is 2.99. The van der Waals surface area contributed by atoms with Crippen molar-refractivity contribution in [2.24, 2.45) is 10.9 Å². The maximum atomic E-state index is 8.68. The van der Waals surface area contributed by atoms with Crippen LogP contribution in [0.15, 0.2) is 29.7 Å². The Bertz CT molecular complexity index is 638. The van der Waals surface area contributed by atoms with Crippen molar-refractivity contribution in [1.82, 2.24) is 14.8 Å². The van der Waals surface area contributed by atoms with E-state index >= 15 is 0 Å². The number of hydrogen-bond acceptors (Lipinski definition) is 6. The minimum absolute atomic E-state index is 0.00516. The molecule has 0 atom stereocenters. The van der Waals surface area contributed by atoms with Gasteiger partial charge in [-0.05, 0) is 25.1 Å². The smallest absolute Gasteiger partial charge is 0.170 e. The summed E-state index contributed by atoms with van der Waals surface area (Å²) in [5.41, 5.74) is 6.08. The molecule has 0 radical (unpaired) electrons. The molecule has 112 valence electrons. The average molecular weight is 291 g/mol. The molecule has 2 aromatic rings. The predicted octanol–water partition coefficient (Wildman–Crippen LogP) is 0.980. The maximum Gasteiger partial charge on any atom is 0.170 e. The first-order valence-corrected chi connectivity index (χ1v) is 6.35. The van der Waals surface area contributed by atoms with E-state index in [0.29, 0.717) is 17.1 Å². The molecule has 8 nitrogen and oxygen atoms in total. The van der Waals surface area contributed by atoms with Crippen molar-refractivity contribution in [2.45, 2.75) is 20.1 Å². The molecule has 0 bridgehead atoms. The summed E-state index contributed by atoms with van der Waals surface area (Å²) >= 11 is 0. The van der Waals surface area contributed by atoms with E-state index in [-0.39, 0.29) is 12.4 Å². The lowest BCUT2D eigenvalue weighted by atomic mass is 10.2. The number of amidine groups is 1. The number of rotatable bonds is 6. The van der Waals surface area contributed by atoms with Crippen molar-refractivity contribution in [1.29, 1.82) is 0 Å². The number of nitrogens with zero attached hydrogens (tertiary/aromatic N) is 4. The van der Waals surface area contributed by atoms with Gasteiger partial charge in [0, 0.05) is 12.1 Å². The van der Waals surface area contributed by atoms with Gasteiger partial charge in [-0.2, -0.15) is 5.10 Å². The van der Waals surface area contributed by atoms with Gasteiger partial charge in [0.25, 0.3) is 0 Å². The zero-order valence-electron chi connectivity index (χ0n) is 11.9. The van der Waals surface area contributed by atoms with Crippen LogP contribution in [0, 0.1) is 0 Å². The van der Waals surface area contributed by atoms with Gasteiger partial charge in [-0.3, -0.25) is 0 Å². The van der Waals surface area contributed by atoms with Gasteiger partial charge in [0.15, 0.2) is 23.2 Å². The van der Waals surface area contributed by atoms with E-state index < -0.39 is 0 Å². The molecule has 0 unspecified atom stereocenters. The first-order valence-electron chi connectivity index (χ1n) is 6.35. The van der Waals surface area contributed by atoms with Crippen molar-refractivity contribution in [3.05, 3.63) is 35.9 Å². The van der Waals surface area contributed by atoms with Gasteiger partial charge in [0.2, 0.25) is 0 Å². The standard InChI is InChI=1S/C13H17N5O3/c1-3-18-12(15-8-16-18)7-21-10-5-4-9(13(14)17-19)6-11(10)20-2/h4-6,8,19H,3,7H2,1-2H3,(H2,14,17). The Balaban J connectivity index is 2.16. The molecular formula is C13H17N5O3. The second-order valence-electron chi connectivity index (χ2n) is 4.13. The van der Waals surface area contributed by atoms with Gasteiger partial charge < -0.3 is 20.4 Å². The summed E-state index contributed by atoms with van der Waals surface area (Å²) in [4.78, 5) is 4.13. The minimum Gasteiger partial charge on any atom is -0.493 e. The lowest BCUT2D eigenvalue weighted by Crippen LogP contribution is -2.13. The molecule has 3 N–H and O–H groups in total. The number of hydrogen-bond donors (Lipinski definition) is 2. The molecule has 1 aromatic heterocycles. The Morgan fingerprint density at radius 2 is 2.24 bits per heavy atom. The number of oxime groups is 1. The Morgan fingerprint density at radius 3 is 2.90 bits per heavy atom. The van der Waals surface area contributed by atoms with E-state index in [4.69, 9.17) is 20.4 Å². The van der Waals surface area contributed by atoms with Crippen LogP contribution in [-0.4, -0.2) is 32.9 Å². The van der Waals surface area contributed by atoms with Gasteiger partial charge in [-0.15, -0.1) is 0 Å². The molecule has 0 aliphatic heterocycles. The fourth-order valence-electron chi connectivity index (χ4n) is 1.81. The Kier molecular flexibility index (Phi) is 4.60. The first-order chi connectivity index (χ1) is 10.2. The number of ether oxygens (including phenoxy) is 2. The van der Waals surface area contributed by atoms with Crippen LogP contribution in [0.25, 0.3) is 0 Å². The van der Waals surface area contributed by atoms with Gasteiger partial charge in [-0.25, -0.2) is 9.67 Å². The van der Waals surface area contributed by atoms with E-state index in [9.17, 15) is 0 Å². The highest BCUT2D eigenvalue weighted by Crippen LogP contribution is 2.28. The third-order valence-corrected chi connectivity index (χ3v) is 2.92. The second-order valence-corrected chi connectivity index (χ2v) is 4.13. The van der Waals surface area contributed by atoms with Crippen molar-refractivity contribution in [3.8, 4) is 11.5 Å². The van der Waals surface area contributed by atoms with Crippen molar-refractivity contribution < 1.29 is 14.7 Å². The molecule has 21 heavy (non-hydrogen) atoms. The van der Waals surface area contributed by atoms with E-state index in [1.54, 1.807) is 22.9 Å². The Hall–Kier alpha value is -2.77. The fraction of sp³-hybridized carbons (Fsp3) is 0.308. The summed E-state index contributed by atoms with van der Waals surface area (Å²) in [5.74, 6) is 1.75. The number of benzene rings is 1. The highest BCUT2D eigenvalue weighted by Gasteiger charge is 2.10. The molecule has 0 fully saturated rings. The van der Waals surface area contributed by atoms with E-state index in [0.717, 1.165) is 12.4 Å². The van der Waals surface area contributed by atoms with Gasteiger partial charge in [0.05, 0.1) is 7.11 Å². The summed E-state index contributed by atoms with van der Waals surface area (Å²) < 4.78 is 12.7. The third-order valence-electron chi connectivity index (χ3n) is 2.92. The molecule has 1 aromatic carbocycles. The molecule has 0 amide bonds. The summed E-state index contributed by atoms with van der Waals surface area (Å²) in [5, 5.41) is 15.7. The fourth-order valence-corrected chi connectivity index (χ4v) is 1.81. The monoisotopic (exact) mass is 291 g/mol. The van der Waals surface area contributed by atoms with Crippen LogP contribution in [0.2, 0.25) is 0 Å². The molecule has 0 aliphatic carbocycles. The quantitative estimate of drug-likeness (QED) is 0.355. The molecule has 8 heteroatoms. The summed E-state index contributed by atoms with van der Waals surface area (Å²) in [6, 6.07) is 5.01. The number of aromatic nitrogens is 3. The number of nitrogens with two attached hydrogens (primary N) is 1. The lowest BCUT2D eigenvalue weighted by molar-refractivity contribution is 0.269. The number of aryl methyl sites for hydroxylation is 1. The zero-order chi connectivity index (χ0) is 15.2. The molecular weight excluding hydrogens is 274 g/mol. The summed E-state index contributed by atoms with van der Waals surface area (Å²) in [6.45, 7) is 2.97. The molecule has 0 saturated carbocycles. The normalized spacial score (nSPS) is 11.4. The van der Waals surface area contributed by atoms with Gasteiger partial charge in [-0.1, -0.05) is 5.16 Å². The van der Waals surface area contributed by atoms with Crippen LogP contribution in [-0.2, 0) is 13.2 Å². The second kappa shape index (κ2) is 6.60. The molecule has 1 heterocycles. The molecule has 0 spiro atoms. The van der Waals surface area contributed by atoms with Gasteiger partial charge >= 0.3 is 0 Å². The summed E-state index contributed by atoms with van der Waals surface area (Å²) in [6.07, 6.45) is 1.49. The van der Waals surface area contributed by atoms with Crippen LogP contribution < -0.4 is 15.2 Å². The number of methoxy groups -OCH3 is 1. The van der Waals surface area contributed by atoms with E-state index in [1.807, 2.05) is 6.92 Å². The molecule has 0 aliphatic rings. The molecule has 2 rings (SSSR count). The largest absolute Gasteiger partial charge is 0.493 e. The Labute approximate surface area is 121 Å². The van der Waals surface area contributed by atoms with Crippen LogP contribution in [0.5, 0.6) is 11.5 Å². The highest BCUT2D eigenvalue weighted by molar-refractivity contribution is 5.97. The molecule has 0 saturated heterocycles. The topological polar surface area (TPSA) is 108 Å². The van der Waals surface area contributed by atoms with Crippen molar-refractivity contribution in [2.75, 3.05) is 7.11 Å². The Morgan fingerprint density at radius 1 is 1.43 bits per heavy atom. The van der Waals surface area contributed by atoms with Crippen LogP contribution >= 0.6 is 0 Å². The minimum atomic E-state index is 0.00516. The first kappa shape index (κ1) is 14.6. The van der Waals surface area contributed by atoms with Crippen LogP contribution in [0.3, 0.4) is 0 Å². The van der Waals surface area contributed by atoms with E-state index in [2.05, 4.69) is 15.2 Å². The SMILES string of the molecule is CCn1ncnc1COc1ccc(C(N)=NO)cc1OC. The maximum absolute atomic E-state index is 8.68. The van der Waals surface area contributed by atoms with Crippen molar-refractivity contribution >= 4 is 5.84 Å². The van der Waals surface area contributed by atoms with Crippen LogP contribution in [0.4, 0.5) is 0 Å². The highest BCUT2D eigenvalue weighted by atomic mass is 16.5. The lowest BCUT2D eigenvalue weighted by Gasteiger charge is -2.11. The summed E-state index contributed by atoms with van der Waals surface area (Å²) in [7, 11) is 1.52. The third kappa shape index (κ3) is 3.22. The van der Waals surface area contributed by atoms with Crippen molar-refractivity contribution in [3.63, 3.8) is 0 Å². The van der Waals surface area contributed by atoms with E-state index in [1.165, 1.54) is 13.4 Å².